The number of carbonyl (C=O) groups is 1. The maximum Gasteiger partial charge on any atom is 0.261 e. The van der Waals surface area contributed by atoms with Crippen LogP contribution in [0, 0.1) is 12.7 Å². The lowest BCUT2D eigenvalue weighted by Gasteiger charge is -2.25. The van der Waals surface area contributed by atoms with Gasteiger partial charge in [-0.25, -0.2) is 12.8 Å². The summed E-state index contributed by atoms with van der Waals surface area (Å²) in [6.45, 7) is 2.08. The molecule has 0 aliphatic heterocycles. The van der Waals surface area contributed by atoms with Gasteiger partial charge in [0.2, 0.25) is 0 Å². The Morgan fingerprint density at radius 3 is 2.31 bits per heavy atom. The second kappa shape index (κ2) is 9.93. The molecule has 3 aromatic rings. The SMILES string of the molecule is Cc1ccccc1NS(=O)(=O)c1ccc(C(=O)NCC(c2cccc(F)c2)N(C)C)cc1. The second-order valence-corrected chi connectivity index (χ2v) is 9.37. The summed E-state index contributed by atoms with van der Waals surface area (Å²) in [7, 11) is -0.0792. The first-order valence-corrected chi connectivity index (χ1v) is 11.5. The Morgan fingerprint density at radius 2 is 1.69 bits per heavy atom. The number of likely N-dealkylation sites (N-methyl/N-ethyl adjacent to an activating group) is 1. The first-order valence-electron chi connectivity index (χ1n) is 10.1. The number of halogens is 1. The van der Waals surface area contributed by atoms with Gasteiger partial charge in [0.25, 0.3) is 15.9 Å². The third-order valence-electron chi connectivity index (χ3n) is 5.13. The third kappa shape index (κ3) is 5.72. The van der Waals surface area contributed by atoms with E-state index in [1.54, 1.807) is 24.3 Å². The smallest absolute Gasteiger partial charge is 0.261 e. The molecule has 2 N–H and O–H groups in total. The van der Waals surface area contributed by atoms with Crippen LogP contribution in [0.2, 0.25) is 0 Å². The standard InChI is InChI=1S/C24H26FN3O3S/c1-17-7-4-5-10-22(17)27-32(30,31)21-13-11-18(12-14-21)24(29)26-16-23(28(2)3)19-8-6-9-20(25)15-19/h4-15,23,27H,16H2,1-3H3,(H,26,29). The lowest BCUT2D eigenvalue weighted by molar-refractivity contribution is 0.0942. The summed E-state index contributed by atoms with van der Waals surface area (Å²) < 4.78 is 41.5. The molecule has 0 aromatic heterocycles. The zero-order valence-electron chi connectivity index (χ0n) is 18.2. The molecule has 0 saturated carbocycles. The summed E-state index contributed by atoms with van der Waals surface area (Å²) >= 11 is 0. The van der Waals surface area contributed by atoms with E-state index in [0.717, 1.165) is 11.1 Å². The molecule has 0 spiro atoms. The van der Waals surface area contributed by atoms with Gasteiger partial charge in [-0.05, 0) is 74.6 Å². The molecule has 0 aliphatic rings. The van der Waals surface area contributed by atoms with Crippen molar-refractivity contribution in [1.29, 1.82) is 0 Å². The number of nitrogens with one attached hydrogen (secondary N) is 2. The minimum atomic E-state index is -3.78. The number of sulfonamides is 1. The third-order valence-corrected chi connectivity index (χ3v) is 6.51. The molecule has 1 unspecified atom stereocenters. The summed E-state index contributed by atoms with van der Waals surface area (Å²) in [6, 6.07) is 18.8. The van der Waals surface area contributed by atoms with Gasteiger partial charge in [-0.3, -0.25) is 9.52 Å². The predicted molar refractivity (Wildman–Crippen MR) is 124 cm³/mol. The fraction of sp³-hybridized carbons (Fsp3) is 0.208. The number of para-hydroxylation sites is 1. The molecule has 6 nitrogen and oxygen atoms in total. The maximum absolute atomic E-state index is 13.6. The van der Waals surface area contributed by atoms with Gasteiger partial charge in [-0.15, -0.1) is 0 Å². The number of rotatable bonds is 8. The van der Waals surface area contributed by atoms with Crippen LogP contribution in [0.5, 0.6) is 0 Å². The van der Waals surface area contributed by atoms with E-state index in [1.807, 2.05) is 38.1 Å². The largest absolute Gasteiger partial charge is 0.350 e. The lowest BCUT2D eigenvalue weighted by atomic mass is 10.1. The molecule has 168 valence electrons. The molecular weight excluding hydrogens is 429 g/mol. The molecule has 0 radical (unpaired) electrons. The van der Waals surface area contributed by atoms with Crippen LogP contribution in [-0.4, -0.2) is 39.9 Å². The average molecular weight is 456 g/mol. The van der Waals surface area contributed by atoms with E-state index in [1.165, 1.54) is 36.4 Å². The molecule has 0 fully saturated rings. The van der Waals surface area contributed by atoms with Crippen molar-refractivity contribution >= 4 is 21.6 Å². The molecule has 0 heterocycles. The zero-order valence-corrected chi connectivity index (χ0v) is 19.0. The molecule has 8 heteroatoms. The van der Waals surface area contributed by atoms with E-state index in [9.17, 15) is 17.6 Å². The zero-order chi connectivity index (χ0) is 23.3. The van der Waals surface area contributed by atoms with Crippen molar-refractivity contribution < 1.29 is 17.6 Å². The van der Waals surface area contributed by atoms with E-state index >= 15 is 0 Å². The van der Waals surface area contributed by atoms with Crippen LogP contribution >= 0.6 is 0 Å². The highest BCUT2D eigenvalue weighted by Gasteiger charge is 2.18. The number of nitrogens with zero attached hydrogens (tertiary/aromatic N) is 1. The Balaban J connectivity index is 1.68. The fourth-order valence-electron chi connectivity index (χ4n) is 3.28. The van der Waals surface area contributed by atoms with Gasteiger partial charge in [-0.1, -0.05) is 30.3 Å². The number of aryl methyl sites for hydroxylation is 1. The molecule has 32 heavy (non-hydrogen) atoms. The summed E-state index contributed by atoms with van der Waals surface area (Å²) in [5.41, 5.74) is 2.39. The van der Waals surface area contributed by atoms with Crippen LogP contribution in [0.1, 0.15) is 27.5 Å². The van der Waals surface area contributed by atoms with Gasteiger partial charge in [0.1, 0.15) is 5.82 Å². The van der Waals surface area contributed by atoms with Crippen LogP contribution in [-0.2, 0) is 10.0 Å². The summed E-state index contributed by atoms with van der Waals surface area (Å²) in [6.07, 6.45) is 0. The minimum Gasteiger partial charge on any atom is -0.350 e. The molecule has 0 aliphatic carbocycles. The molecule has 3 rings (SSSR count). The van der Waals surface area contributed by atoms with E-state index in [4.69, 9.17) is 0 Å². The molecule has 3 aromatic carbocycles. The van der Waals surface area contributed by atoms with Gasteiger partial charge in [-0.2, -0.15) is 0 Å². The van der Waals surface area contributed by atoms with Crippen molar-refractivity contribution in [1.82, 2.24) is 10.2 Å². The lowest BCUT2D eigenvalue weighted by Crippen LogP contribution is -2.34. The predicted octanol–water partition coefficient (Wildman–Crippen LogP) is 3.97. The Morgan fingerprint density at radius 1 is 1.00 bits per heavy atom. The number of hydrogen-bond acceptors (Lipinski definition) is 4. The van der Waals surface area contributed by atoms with Crippen molar-refractivity contribution in [3.8, 4) is 0 Å². The highest BCUT2D eigenvalue weighted by molar-refractivity contribution is 7.92. The van der Waals surface area contributed by atoms with Gasteiger partial charge >= 0.3 is 0 Å². The number of benzene rings is 3. The van der Waals surface area contributed by atoms with Crippen molar-refractivity contribution in [2.75, 3.05) is 25.4 Å². The monoisotopic (exact) mass is 455 g/mol. The normalized spacial score (nSPS) is 12.4. The quantitative estimate of drug-likeness (QED) is 0.539. The van der Waals surface area contributed by atoms with Gasteiger partial charge in [0.05, 0.1) is 16.6 Å². The highest BCUT2D eigenvalue weighted by atomic mass is 32.2. The van der Waals surface area contributed by atoms with E-state index in [2.05, 4.69) is 10.0 Å². The second-order valence-electron chi connectivity index (χ2n) is 7.69. The average Bonchev–Trinajstić information content (AvgIpc) is 2.75. The van der Waals surface area contributed by atoms with Crippen molar-refractivity contribution in [3.63, 3.8) is 0 Å². The molecular formula is C24H26FN3O3S. The van der Waals surface area contributed by atoms with Gasteiger partial charge in [0.15, 0.2) is 0 Å². The van der Waals surface area contributed by atoms with Crippen molar-refractivity contribution in [2.45, 2.75) is 17.9 Å². The first-order chi connectivity index (χ1) is 15.2. The summed E-state index contributed by atoms with van der Waals surface area (Å²) in [4.78, 5) is 14.5. The minimum absolute atomic E-state index is 0.0585. The Bertz CT molecular complexity index is 1200. The van der Waals surface area contributed by atoms with E-state index < -0.39 is 10.0 Å². The van der Waals surface area contributed by atoms with Crippen molar-refractivity contribution in [2.24, 2.45) is 0 Å². The van der Waals surface area contributed by atoms with Crippen molar-refractivity contribution in [3.05, 3.63) is 95.3 Å². The molecule has 1 atom stereocenters. The van der Waals surface area contributed by atoms with Crippen LogP contribution < -0.4 is 10.0 Å². The van der Waals surface area contributed by atoms with E-state index in [0.29, 0.717) is 11.3 Å². The topological polar surface area (TPSA) is 78.5 Å². The molecule has 0 bridgehead atoms. The Hall–Kier alpha value is -3.23. The Labute approximate surface area is 188 Å². The van der Waals surface area contributed by atoms with Crippen LogP contribution in [0.3, 0.4) is 0 Å². The number of carbonyl (C=O) groups excluding carboxylic acids is 1. The van der Waals surface area contributed by atoms with Gasteiger partial charge < -0.3 is 10.2 Å². The maximum atomic E-state index is 13.6. The Kier molecular flexibility index (Phi) is 7.27. The fourth-order valence-corrected chi connectivity index (χ4v) is 4.41. The number of anilines is 1. The summed E-state index contributed by atoms with van der Waals surface area (Å²) in [5.74, 6) is -0.680. The first kappa shape index (κ1) is 23.4. The molecule has 0 saturated heterocycles. The van der Waals surface area contributed by atoms with E-state index in [-0.39, 0.29) is 29.2 Å². The number of amides is 1. The van der Waals surface area contributed by atoms with Crippen LogP contribution in [0.15, 0.2) is 77.7 Å². The summed E-state index contributed by atoms with van der Waals surface area (Å²) in [5, 5.41) is 2.84. The highest BCUT2D eigenvalue weighted by Crippen LogP contribution is 2.21. The van der Waals surface area contributed by atoms with Gasteiger partial charge in [0, 0.05) is 12.1 Å². The van der Waals surface area contributed by atoms with Crippen LogP contribution in [0.4, 0.5) is 10.1 Å². The molecule has 1 amide bonds. The van der Waals surface area contributed by atoms with Crippen LogP contribution in [0.25, 0.3) is 0 Å². The number of hydrogen-bond donors (Lipinski definition) is 2.